The Morgan fingerprint density at radius 3 is 1.53 bits per heavy atom. The molecule has 0 spiro atoms. The van der Waals surface area contributed by atoms with Gasteiger partial charge in [0, 0.05) is 3.92 Å². The number of rotatable bonds is 1. The standard InChI is InChI=1S/C13H23I.C3H8/c1-10-2-4-11(5-3-10)12-6-8-13(14)9-7-12;1-3-2/h10-13H,2-9H2,1H3;3H2,1-2H3. The summed E-state index contributed by atoms with van der Waals surface area (Å²) in [6, 6.07) is 0. The van der Waals surface area contributed by atoms with Crippen LogP contribution in [0.3, 0.4) is 0 Å². The fourth-order valence-corrected chi connectivity index (χ4v) is 4.03. The van der Waals surface area contributed by atoms with Gasteiger partial charge in [0.1, 0.15) is 0 Å². The van der Waals surface area contributed by atoms with Gasteiger partial charge in [0.05, 0.1) is 0 Å². The van der Waals surface area contributed by atoms with E-state index in [4.69, 9.17) is 0 Å². The predicted octanol–water partition coefficient (Wildman–Crippen LogP) is 6.22. The Kier molecular flexibility index (Phi) is 8.14. The predicted molar refractivity (Wildman–Crippen MR) is 86.9 cm³/mol. The van der Waals surface area contributed by atoms with E-state index in [1.54, 1.807) is 0 Å². The SMILES string of the molecule is CC1CCC(C2CCC(I)CC2)CC1.CCC. The highest BCUT2D eigenvalue weighted by Gasteiger charge is 2.28. The Morgan fingerprint density at radius 2 is 1.12 bits per heavy atom. The second-order valence-corrected chi connectivity index (χ2v) is 8.00. The first-order chi connectivity index (χ1) is 8.17. The van der Waals surface area contributed by atoms with Crippen LogP contribution in [0.1, 0.15) is 78.6 Å². The maximum Gasteiger partial charge on any atom is 0.0110 e. The summed E-state index contributed by atoms with van der Waals surface area (Å²) in [7, 11) is 0. The highest BCUT2D eigenvalue weighted by atomic mass is 127. The minimum Gasteiger partial charge on any atom is -0.0826 e. The summed E-state index contributed by atoms with van der Waals surface area (Å²) in [5.41, 5.74) is 0. The molecule has 2 rings (SSSR count). The molecule has 0 nitrogen and oxygen atoms in total. The molecule has 0 aromatic heterocycles. The molecular weight excluding hydrogens is 319 g/mol. The van der Waals surface area contributed by atoms with Crippen molar-refractivity contribution in [3.8, 4) is 0 Å². The molecule has 0 unspecified atom stereocenters. The van der Waals surface area contributed by atoms with Gasteiger partial charge in [-0.2, -0.15) is 0 Å². The topological polar surface area (TPSA) is 0 Å². The summed E-state index contributed by atoms with van der Waals surface area (Å²) in [4.78, 5) is 0. The quantitative estimate of drug-likeness (QED) is 0.389. The van der Waals surface area contributed by atoms with Crippen LogP contribution in [0.5, 0.6) is 0 Å². The fraction of sp³-hybridized carbons (Fsp3) is 1.00. The summed E-state index contributed by atoms with van der Waals surface area (Å²) in [5.74, 6) is 3.23. The van der Waals surface area contributed by atoms with Crippen LogP contribution in [0.4, 0.5) is 0 Å². The van der Waals surface area contributed by atoms with Crippen molar-refractivity contribution in [3.05, 3.63) is 0 Å². The van der Waals surface area contributed by atoms with Gasteiger partial charge in [0.2, 0.25) is 0 Å². The summed E-state index contributed by atoms with van der Waals surface area (Å²) < 4.78 is 0.992. The first-order valence-electron chi connectivity index (χ1n) is 7.81. The Balaban J connectivity index is 0.000000437. The van der Waals surface area contributed by atoms with E-state index in [-0.39, 0.29) is 0 Å². The second-order valence-electron chi connectivity index (χ2n) is 6.24. The smallest absolute Gasteiger partial charge is 0.0110 e. The molecule has 2 aliphatic rings. The van der Waals surface area contributed by atoms with E-state index in [0.717, 1.165) is 21.7 Å². The van der Waals surface area contributed by atoms with Gasteiger partial charge in [0.15, 0.2) is 0 Å². The summed E-state index contributed by atoms with van der Waals surface area (Å²) in [5, 5.41) is 0. The maximum absolute atomic E-state index is 2.64. The Bertz CT molecular complexity index is 154. The van der Waals surface area contributed by atoms with Crippen LogP contribution in [0, 0.1) is 17.8 Å². The van der Waals surface area contributed by atoms with Crippen LogP contribution in [-0.2, 0) is 0 Å². The van der Waals surface area contributed by atoms with Gasteiger partial charge in [-0.3, -0.25) is 0 Å². The maximum atomic E-state index is 2.64. The van der Waals surface area contributed by atoms with Crippen molar-refractivity contribution < 1.29 is 0 Å². The van der Waals surface area contributed by atoms with E-state index in [1.807, 2.05) is 0 Å². The van der Waals surface area contributed by atoms with Crippen molar-refractivity contribution in [3.63, 3.8) is 0 Å². The second kappa shape index (κ2) is 8.77. The summed E-state index contributed by atoms with van der Waals surface area (Å²) >= 11 is 2.64. The average molecular weight is 350 g/mol. The van der Waals surface area contributed by atoms with Crippen LogP contribution < -0.4 is 0 Å². The van der Waals surface area contributed by atoms with Crippen molar-refractivity contribution in [2.45, 2.75) is 82.5 Å². The Hall–Kier alpha value is 0.730. The average Bonchev–Trinajstić information content (AvgIpc) is 2.32. The molecular formula is C16H31I. The van der Waals surface area contributed by atoms with Crippen LogP contribution in [0.2, 0.25) is 0 Å². The van der Waals surface area contributed by atoms with Crippen LogP contribution in [0.15, 0.2) is 0 Å². The van der Waals surface area contributed by atoms with Crippen molar-refractivity contribution >= 4 is 22.6 Å². The fourth-order valence-electron chi connectivity index (χ4n) is 3.31. The van der Waals surface area contributed by atoms with Gasteiger partial charge in [-0.25, -0.2) is 0 Å². The molecule has 0 N–H and O–H groups in total. The zero-order chi connectivity index (χ0) is 12.7. The third-order valence-corrected chi connectivity index (χ3v) is 5.67. The molecule has 0 amide bonds. The molecule has 2 aliphatic carbocycles. The van der Waals surface area contributed by atoms with Crippen molar-refractivity contribution in [1.82, 2.24) is 0 Å². The molecule has 0 aliphatic heterocycles. The zero-order valence-corrected chi connectivity index (χ0v) is 14.2. The zero-order valence-electron chi connectivity index (χ0n) is 12.1. The van der Waals surface area contributed by atoms with Gasteiger partial charge in [0.25, 0.3) is 0 Å². The van der Waals surface area contributed by atoms with Crippen molar-refractivity contribution in [2.24, 2.45) is 17.8 Å². The normalized spacial score (nSPS) is 38.1. The van der Waals surface area contributed by atoms with E-state index in [0.29, 0.717) is 0 Å². The van der Waals surface area contributed by atoms with Gasteiger partial charge in [-0.15, -0.1) is 0 Å². The van der Waals surface area contributed by atoms with Gasteiger partial charge >= 0.3 is 0 Å². The molecule has 1 heteroatoms. The van der Waals surface area contributed by atoms with Gasteiger partial charge in [-0.1, -0.05) is 62.6 Å². The molecule has 17 heavy (non-hydrogen) atoms. The lowest BCUT2D eigenvalue weighted by Crippen LogP contribution is -2.25. The molecule has 0 heterocycles. The number of hydrogen-bond acceptors (Lipinski definition) is 0. The Labute approximate surface area is 122 Å². The molecule has 0 aromatic carbocycles. The molecule has 2 fully saturated rings. The molecule has 0 aromatic rings. The largest absolute Gasteiger partial charge is 0.0826 e. The first kappa shape index (κ1) is 15.8. The minimum atomic E-state index is 0.992. The molecule has 2 saturated carbocycles. The molecule has 0 radical (unpaired) electrons. The number of hydrogen-bond donors (Lipinski definition) is 0. The lowest BCUT2D eigenvalue weighted by atomic mass is 9.71. The third kappa shape index (κ3) is 5.94. The van der Waals surface area contributed by atoms with Gasteiger partial charge in [-0.05, 0) is 56.3 Å². The first-order valence-corrected chi connectivity index (χ1v) is 9.05. The van der Waals surface area contributed by atoms with Crippen LogP contribution >= 0.6 is 22.6 Å². The third-order valence-electron chi connectivity index (χ3n) is 4.43. The van der Waals surface area contributed by atoms with E-state index >= 15 is 0 Å². The molecule has 0 bridgehead atoms. The number of halogens is 1. The summed E-state index contributed by atoms with van der Waals surface area (Å²) in [6.45, 7) is 6.68. The van der Waals surface area contributed by atoms with E-state index in [9.17, 15) is 0 Å². The lowest BCUT2D eigenvalue weighted by Gasteiger charge is -2.36. The van der Waals surface area contributed by atoms with E-state index < -0.39 is 0 Å². The van der Waals surface area contributed by atoms with Crippen LogP contribution in [0.25, 0.3) is 0 Å². The highest BCUT2D eigenvalue weighted by molar-refractivity contribution is 14.1. The molecule has 0 saturated heterocycles. The molecule has 0 atom stereocenters. The monoisotopic (exact) mass is 350 g/mol. The molecule has 102 valence electrons. The minimum absolute atomic E-state index is 0.992. The van der Waals surface area contributed by atoms with Crippen molar-refractivity contribution in [1.29, 1.82) is 0 Å². The van der Waals surface area contributed by atoms with Crippen molar-refractivity contribution in [2.75, 3.05) is 0 Å². The van der Waals surface area contributed by atoms with E-state index in [1.165, 1.54) is 57.8 Å². The number of alkyl halides is 1. The van der Waals surface area contributed by atoms with Crippen LogP contribution in [-0.4, -0.2) is 3.92 Å². The lowest BCUT2D eigenvalue weighted by molar-refractivity contribution is 0.176. The summed E-state index contributed by atoms with van der Waals surface area (Å²) in [6.07, 6.45) is 13.4. The van der Waals surface area contributed by atoms with Gasteiger partial charge < -0.3 is 0 Å². The highest BCUT2D eigenvalue weighted by Crippen LogP contribution is 2.40. The van der Waals surface area contributed by atoms with E-state index in [2.05, 4.69) is 43.4 Å². The Morgan fingerprint density at radius 1 is 0.765 bits per heavy atom.